The minimum absolute atomic E-state index is 0.0792. The second-order valence-corrected chi connectivity index (χ2v) is 8.23. The van der Waals surface area contributed by atoms with Crippen molar-refractivity contribution in [3.8, 4) is 5.75 Å². The number of rotatable bonds is 10. The first-order valence-electron chi connectivity index (χ1n) is 10.9. The van der Waals surface area contributed by atoms with Gasteiger partial charge in [-0.05, 0) is 42.3 Å². The number of Topliss-reactive ketones (excluding diaryl/α,β-unsaturated/α-hetero) is 1. The molecule has 33 heavy (non-hydrogen) atoms. The van der Waals surface area contributed by atoms with Crippen molar-refractivity contribution in [1.82, 2.24) is 4.90 Å². The van der Waals surface area contributed by atoms with Crippen LogP contribution in [0.4, 0.5) is 17.1 Å². The lowest BCUT2D eigenvalue weighted by atomic mass is 10.0. The van der Waals surface area contributed by atoms with E-state index >= 15 is 0 Å². The van der Waals surface area contributed by atoms with Gasteiger partial charge >= 0.3 is 5.69 Å². The summed E-state index contributed by atoms with van der Waals surface area (Å²) in [5.74, 6) is -0.319. The summed E-state index contributed by atoms with van der Waals surface area (Å²) < 4.78 is 5.01. The number of nitrogens with zero attached hydrogens (tertiary/aromatic N) is 4. The highest BCUT2D eigenvalue weighted by Gasteiger charge is 2.24. The number of nitroso groups, excluding NO2 is 1. The normalized spacial score (nSPS) is 14.2. The van der Waals surface area contributed by atoms with Gasteiger partial charge in [-0.1, -0.05) is 30.7 Å². The van der Waals surface area contributed by atoms with E-state index in [-0.39, 0.29) is 23.5 Å². The molecule has 1 heterocycles. The molecule has 0 atom stereocenters. The molecule has 0 aliphatic carbocycles. The Morgan fingerprint density at radius 3 is 2.58 bits per heavy atom. The summed E-state index contributed by atoms with van der Waals surface area (Å²) in [5.41, 5.74) is 1.40. The summed E-state index contributed by atoms with van der Waals surface area (Å²) >= 11 is 6.56. The number of benzene rings is 2. The average Bonchev–Trinajstić information content (AvgIpc) is 2.83. The van der Waals surface area contributed by atoms with Crippen molar-refractivity contribution in [2.45, 2.75) is 26.2 Å². The second kappa shape index (κ2) is 11.2. The summed E-state index contributed by atoms with van der Waals surface area (Å²) in [6, 6.07) is 8.56. The van der Waals surface area contributed by atoms with Crippen LogP contribution in [0.3, 0.4) is 0 Å². The number of carbonyl (C=O) groups excluding carboxylic acids is 1. The van der Waals surface area contributed by atoms with E-state index in [0.29, 0.717) is 6.42 Å². The standard InChI is InChI=1S/C23H27ClN4O5/c1-3-16-6-4-7-18(22(16)24)27-12-10-26(11-13-27)9-5-8-20(29)17-14-19(28(31)32)23(25-30)21(15-17)33-2/h4,6-7,14-15H,3,5,8-13H2,1-2H3. The molecular formula is C23H27ClN4O5. The molecule has 10 heteroatoms. The Morgan fingerprint density at radius 1 is 1.24 bits per heavy atom. The third-order valence-corrected chi connectivity index (χ3v) is 6.35. The molecule has 176 valence electrons. The molecule has 2 aromatic rings. The third-order valence-electron chi connectivity index (χ3n) is 5.92. The molecule has 1 aliphatic rings. The van der Waals surface area contributed by atoms with E-state index in [9.17, 15) is 19.8 Å². The first kappa shape index (κ1) is 24.6. The van der Waals surface area contributed by atoms with Crippen LogP contribution in [0.25, 0.3) is 0 Å². The van der Waals surface area contributed by atoms with Gasteiger partial charge in [0.15, 0.2) is 11.5 Å². The molecule has 9 nitrogen and oxygen atoms in total. The fourth-order valence-corrected chi connectivity index (χ4v) is 4.42. The Hall–Kier alpha value is -3.04. The molecule has 0 N–H and O–H groups in total. The third kappa shape index (κ3) is 5.66. The van der Waals surface area contributed by atoms with E-state index in [1.165, 1.54) is 13.2 Å². The van der Waals surface area contributed by atoms with E-state index < -0.39 is 16.3 Å². The summed E-state index contributed by atoms with van der Waals surface area (Å²) in [6.07, 6.45) is 1.75. The smallest absolute Gasteiger partial charge is 0.303 e. The van der Waals surface area contributed by atoms with Gasteiger partial charge in [0, 0.05) is 44.2 Å². The Labute approximate surface area is 197 Å². The molecular weight excluding hydrogens is 448 g/mol. The first-order valence-corrected chi connectivity index (χ1v) is 11.2. The topological polar surface area (TPSA) is 105 Å². The zero-order valence-corrected chi connectivity index (χ0v) is 19.5. The van der Waals surface area contributed by atoms with Gasteiger partial charge in [-0.2, -0.15) is 0 Å². The van der Waals surface area contributed by atoms with Crippen LogP contribution in [-0.2, 0) is 6.42 Å². The van der Waals surface area contributed by atoms with Crippen molar-refractivity contribution in [1.29, 1.82) is 0 Å². The number of piperazine rings is 1. The number of methoxy groups -OCH3 is 1. The van der Waals surface area contributed by atoms with Crippen LogP contribution in [-0.4, -0.2) is 55.4 Å². The summed E-state index contributed by atoms with van der Waals surface area (Å²) in [7, 11) is 1.27. The molecule has 0 saturated carbocycles. The lowest BCUT2D eigenvalue weighted by molar-refractivity contribution is -0.384. The van der Waals surface area contributed by atoms with Gasteiger partial charge in [0.25, 0.3) is 0 Å². The lowest BCUT2D eigenvalue weighted by Crippen LogP contribution is -2.46. The predicted molar refractivity (Wildman–Crippen MR) is 128 cm³/mol. The van der Waals surface area contributed by atoms with Gasteiger partial charge in [0.05, 0.1) is 22.7 Å². The average molecular weight is 475 g/mol. The monoisotopic (exact) mass is 474 g/mol. The predicted octanol–water partition coefficient (Wildman–Crippen LogP) is 5.00. The van der Waals surface area contributed by atoms with Crippen molar-refractivity contribution < 1.29 is 14.5 Å². The zero-order valence-electron chi connectivity index (χ0n) is 18.8. The van der Waals surface area contributed by atoms with E-state index in [4.69, 9.17) is 16.3 Å². The largest absolute Gasteiger partial charge is 0.494 e. The van der Waals surface area contributed by atoms with Crippen LogP contribution in [0.15, 0.2) is 35.5 Å². The van der Waals surface area contributed by atoms with Crippen molar-refractivity contribution in [3.63, 3.8) is 0 Å². The Kier molecular flexibility index (Phi) is 8.35. The van der Waals surface area contributed by atoms with Gasteiger partial charge in [-0.15, -0.1) is 4.91 Å². The lowest BCUT2D eigenvalue weighted by Gasteiger charge is -2.36. The van der Waals surface area contributed by atoms with Crippen molar-refractivity contribution >= 4 is 34.4 Å². The van der Waals surface area contributed by atoms with Crippen LogP contribution in [0, 0.1) is 15.0 Å². The second-order valence-electron chi connectivity index (χ2n) is 7.85. The summed E-state index contributed by atoms with van der Waals surface area (Å²) in [4.78, 5) is 38.7. The van der Waals surface area contributed by atoms with E-state index in [1.54, 1.807) is 0 Å². The van der Waals surface area contributed by atoms with Gasteiger partial charge in [-0.25, -0.2) is 0 Å². The highest BCUT2D eigenvalue weighted by atomic mass is 35.5. The fourth-order valence-electron chi connectivity index (χ4n) is 4.04. The van der Waals surface area contributed by atoms with Crippen LogP contribution >= 0.6 is 11.6 Å². The molecule has 3 rings (SSSR count). The van der Waals surface area contributed by atoms with Crippen LogP contribution < -0.4 is 9.64 Å². The number of anilines is 1. The van der Waals surface area contributed by atoms with Crippen molar-refractivity contribution in [2.75, 3.05) is 44.7 Å². The maximum atomic E-state index is 12.6. The molecule has 1 saturated heterocycles. The van der Waals surface area contributed by atoms with Crippen molar-refractivity contribution in [2.24, 2.45) is 5.18 Å². The Balaban J connectivity index is 1.55. The number of nitro benzene ring substituents is 1. The molecule has 0 amide bonds. The minimum atomic E-state index is -0.738. The number of nitro groups is 1. The molecule has 2 aromatic carbocycles. The maximum Gasteiger partial charge on any atom is 0.303 e. The van der Waals surface area contributed by atoms with Crippen molar-refractivity contribution in [3.05, 3.63) is 61.5 Å². The van der Waals surface area contributed by atoms with Gasteiger partial charge in [-0.3, -0.25) is 19.8 Å². The van der Waals surface area contributed by atoms with Crippen LogP contribution in [0.5, 0.6) is 5.75 Å². The van der Waals surface area contributed by atoms with E-state index in [0.717, 1.165) is 61.5 Å². The number of hydrogen-bond acceptors (Lipinski definition) is 8. The number of ether oxygens (including phenoxy) is 1. The number of ketones is 1. The molecule has 0 spiro atoms. The molecule has 1 aliphatic heterocycles. The quantitative estimate of drug-likeness (QED) is 0.206. The number of halogens is 1. The minimum Gasteiger partial charge on any atom is -0.494 e. The SMILES string of the molecule is CCc1cccc(N2CCN(CCCC(=O)c3cc(OC)c(N=O)c([N+](=O)[O-])c3)CC2)c1Cl. The zero-order chi connectivity index (χ0) is 24.0. The van der Waals surface area contributed by atoms with E-state index in [2.05, 4.69) is 28.0 Å². The van der Waals surface area contributed by atoms with Gasteiger partial charge < -0.3 is 9.64 Å². The maximum absolute atomic E-state index is 12.6. The Bertz CT molecular complexity index is 1040. The molecule has 0 unspecified atom stereocenters. The van der Waals surface area contributed by atoms with Gasteiger partial charge in [0.2, 0.25) is 5.69 Å². The molecule has 0 aromatic heterocycles. The Morgan fingerprint density at radius 2 is 1.97 bits per heavy atom. The number of aryl methyl sites for hydroxylation is 1. The number of hydrogen-bond donors (Lipinski definition) is 0. The van der Waals surface area contributed by atoms with E-state index in [1.807, 2.05) is 12.1 Å². The van der Waals surface area contributed by atoms with Crippen LogP contribution in [0.1, 0.15) is 35.7 Å². The number of carbonyl (C=O) groups is 1. The first-order chi connectivity index (χ1) is 15.9. The molecule has 0 radical (unpaired) electrons. The molecule has 0 bridgehead atoms. The highest BCUT2D eigenvalue weighted by Crippen LogP contribution is 2.38. The summed E-state index contributed by atoms with van der Waals surface area (Å²) in [6.45, 7) is 6.26. The highest BCUT2D eigenvalue weighted by molar-refractivity contribution is 6.34. The van der Waals surface area contributed by atoms with Gasteiger partial charge in [0.1, 0.15) is 0 Å². The van der Waals surface area contributed by atoms with Crippen LogP contribution in [0.2, 0.25) is 5.02 Å². The molecule has 1 fully saturated rings. The fraction of sp³-hybridized carbons (Fsp3) is 0.435. The summed E-state index contributed by atoms with van der Waals surface area (Å²) in [5, 5.41) is 14.8.